The zero-order chi connectivity index (χ0) is 20.2. The summed E-state index contributed by atoms with van der Waals surface area (Å²) in [7, 11) is 0. The number of fused-ring (bicyclic) bond motifs is 1. The highest BCUT2D eigenvalue weighted by molar-refractivity contribution is 5.87. The predicted octanol–water partition coefficient (Wildman–Crippen LogP) is 5.02. The minimum Gasteiger partial charge on any atom is -0.441 e. The standard InChI is InChI=1S/C22H26F2N4O/c1-14-25-12-20(29-14)16-4-5-17-11-28-22(9-18(17)8-16)27-10-15-2-6-19(7-3-15)26-13-21(23)24/h4-5,8-9,11-12,15,19,21,26H,2-3,6-7,10,13H2,1H3,(H,27,28). The maximum Gasteiger partial charge on any atom is 0.250 e. The lowest BCUT2D eigenvalue weighted by Gasteiger charge is -2.29. The molecule has 0 bridgehead atoms. The number of hydrogen-bond donors (Lipinski definition) is 2. The van der Waals surface area contributed by atoms with E-state index in [1.165, 1.54) is 0 Å². The van der Waals surface area contributed by atoms with Gasteiger partial charge in [-0.15, -0.1) is 0 Å². The molecule has 1 aliphatic rings. The van der Waals surface area contributed by atoms with E-state index in [-0.39, 0.29) is 12.6 Å². The first kappa shape index (κ1) is 19.8. The summed E-state index contributed by atoms with van der Waals surface area (Å²) in [4.78, 5) is 8.68. The topological polar surface area (TPSA) is 63.0 Å². The van der Waals surface area contributed by atoms with Gasteiger partial charge in [-0.3, -0.25) is 0 Å². The van der Waals surface area contributed by atoms with Gasteiger partial charge in [-0.2, -0.15) is 0 Å². The fourth-order valence-corrected chi connectivity index (χ4v) is 3.96. The van der Waals surface area contributed by atoms with Crippen LogP contribution in [-0.2, 0) is 0 Å². The van der Waals surface area contributed by atoms with Gasteiger partial charge in [0, 0.05) is 36.7 Å². The molecule has 0 aliphatic heterocycles. The fourth-order valence-electron chi connectivity index (χ4n) is 3.96. The third kappa shape index (κ3) is 5.09. The summed E-state index contributed by atoms with van der Waals surface area (Å²) in [5.74, 6) is 2.80. The van der Waals surface area contributed by atoms with E-state index < -0.39 is 6.43 Å². The molecule has 154 valence electrons. The molecule has 2 N–H and O–H groups in total. The molecule has 0 atom stereocenters. The Kier molecular flexibility index (Phi) is 6.04. The lowest BCUT2D eigenvalue weighted by Crippen LogP contribution is -2.37. The number of nitrogens with zero attached hydrogens (tertiary/aromatic N) is 2. The number of anilines is 1. The molecule has 7 heteroatoms. The van der Waals surface area contributed by atoms with Crippen LogP contribution < -0.4 is 10.6 Å². The average molecular weight is 400 g/mol. The van der Waals surface area contributed by atoms with Gasteiger partial charge in [0.15, 0.2) is 11.7 Å². The Morgan fingerprint density at radius 2 is 1.90 bits per heavy atom. The smallest absolute Gasteiger partial charge is 0.250 e. The normalized spacial score (nSPS) is 19.7. The second-order valence-corrected chi connectivity index (χ2v) is 7.77. The van der Waals surface area contributed by atoms with Crippen molar-refractivity contribution in [1.82, 2.24) is 15.3 Å². The van der Waals surface area contributed by atoms with E-state index in [0.29, 0.717) is 11.8 Å². The van der Waals surface area contributed by atoms with Crippen molar-refractivity contribution in [3.63, 3.8) is 0 Å². The van der Waals surface area contributed by atoms with Crippen LogP contribution in [0.3, 0.4) is 0 Å². The molecule has 2 aromatic heterocycles. The number of aryl methyl sites for hydroxylation is 1. The van der Waals surface area contributed by atoms with Crippen LogP contribution in [0.2, 0.25) is 0 Å². The first-order chi connectivity index (χ1) is 14.1. The molecule has 0 unspecified atom stereocenters. The maximum absolute atomic E-state index is 12.3. The molecular weight excluding hydrogens is 374 g/mol. The molecule has 1 fully saturated rings. The Hall–Kier alpha value is -2.54. The molecule has 0 amide bonds. The fraction of sp³-hybridized carbons (Fsp3) is 0.455. The summed E-state index contributed by atoms with van der Waals surface area (Å²) < 4.78 is 30.3. The Morgan fingerprint density at radius 1 is 1.07 bits per heavy atom. The van der Waals surface area contributed by atoms with Crippen molar-refractivity contribution in [3.05, 3.63) is 42.5 Å². The van der Waals surface area contributed by atoms with Crippen LogP contribution in [0.1, 0.15) is 31.6 Å². The summed E-state index contributed by atoms with van der Waals surface area (Å²) in [6, 6.07) is 8.40. The highest BCUT2D eigenvalue weighted by atomic mass is 19.3. The first-order valence-corrected chi connectivity index (χ1v) is 10.1. The van der Waals surface area contributed by atoms with Crippen molar-refractivity contribution in [2.45, 2.75) is 45.1 Å². The van der Waals surface area contributed by atoms with Crippen LogP contribution in [0.25, 0.3) is 22.1 Å². The Balaban J connectivity index is 1.35. The van der Waals surface area contributed by atoms with Gasteiger partial charge >= 0.3 is 0 Å². The van der Waals surface area contributed by atoms with Crippen LogP contribution in [0.5, 0.6) is 0 Å². The summed E-state index contributed by atoms with van der Waals surface area (Å²) >= 11 is 0. The zero-order valence-corrected chi connectivity index (χ0v) is 16.5. The van der Waals surface area contributed by atoms with Crippen molar-refractivity contribution in [2.75, 3.05) is 18.4 Å². The summed E-state index contributed by atoms with van der Waals surface area (Å²) in [5, 5.41) is 8.57. The lowest BCUT2D eigenvalue weighted by atomic mass is 9.86. The van der Waals surface area contributed by atoms with Gasteiger partial charge in [-0.25, -0.2) is 18.7 Å². The van der Waals surface area contributed by atoms with Gasteiger partial charge in [-0.1, -0.05) is 12.1 Å². The van der Waals surface area contributed by atoms with Gasteiger partial charge in [-0.05, 0) is 49.1 Å². The summed E-state index contributed by atoms with van der Waals surface area (Å²) in [6.07, 6.45) is 5.31. The van der Waals surface area contributed by atoms with Crippen LogP contribution in [-0.4, -0.2) is 35.5 Å². The first-order valence-electron chi connectivity index (χ1n) is 10.1. The number of nitrogens with one attached hydrogen (secondary N) is 2. The summed E-state index contributed by atoms with van der Waals surface area (Å²) in [6.45, 7) is 2.48. The Bertz CT molecular complexity index is 951. The molecule has 5 nitrogen and oxygen atoms in total. The second kappa shape index (κ2) is 8.86. The average Bonchev–Trinajstić information content (AvgIpc) is 3.17. The molecule has 0 spiro atoms. The van der Waals surface area contributed by atoms with E-state index in [9.17, 15) is 8.78 Å². The monoisotopic (exact) mass is 400 g/mol. The van der Waals surface area contributed by atoms with Crippen molar-refractivity contribution < 1.29 is 13.2 Å². The van der Waals surface area contributed by atoms with Crippen LogP contribution >= 0.6 is 0 Å². The molecule has 1 aromatic carbocycles. The largest absolute Gasteiger partial charge is 0.441 e. The van der Waals surface area contributed by atoms with Gasteiger partial charge < -0.3 is 15.1 Å². The Labute approximate surface area is 168 Å². The van der Waals surface area contributed by atoms with E-state index in [1.807, 2.05) is 25.3 Å². The van der Waals surface area contributed by atoms with Crippen LogP contribution in [0.15, 0.2) is 41.1 Å². The van der Waals surface area contributed by atoms with Crippen molar-refractivity contribution in [3.8, 4) is 11.3 Å². The number of pyridine rings is 1. The second-order valence-electron chi connectivity index (χ2n) is 7.77. The Morgan fingerprint density at radius 3 is 2.62 bits per heavy atom. The predicted molar refractivity (Wildman–Crippen MR) is 110 cm³/mol. The molecular formula is C22H26F2N4O. The SMILES string of the molecule is Cc1ncc(-c2ccc3cnc(NCC4CCC(NCC(F)F)CC4)cc3c2)o1. The number of oxazole rings is 1. The van der Waals surface area contributed by atoms with Gasteiger partial charge in [0.1, 0.15) is 5.82 Å². The number of benzene rings is 1. The molecule has 1 saturated carbocycles. The molecule has 3 aromatic rings. The zero-order valence-electron chi connectivity index (χ0n) is 16.5. The van der Waals surface area contributed by atoms with Crippen molar-refractivity contribution in [1.29, 1.82) is 0 Å². The van der Waals surface area contributed by atoms with Crippen molar-refractivity contribution in [2.24, 2.45) is 5.92 Å². The molecule has 1 aliphatic carbocycles. The molecule has 0 radical (unpaired) electrons. The highest BCUT2D eigenvalue weighted by Crippen LogP contribution is 2.27. The molecule has 29 heavy (non-hydrogen) atoms. The summed E-state index contributed by atoms with van der Waals surface area (Å²) in [5.41, 5.74) is 0.991. The molecule has 4 rings (SSSR count). The minimum absolute atomic E-state index is 0.204. The van der Waals surface area contributed by atoms with E-state index in [0.717, 1.165) is 60.1 Å². The quantitative estimate of drug-likeness (QED) is 0.583. The number of aromatic nitrogens is 2. The minimum atomic E-state index is -2.28. The number of halogens is 2. The molecule has 0 saturated heterocycles. The third-order valence-electron chi connectivity index (χ3n) is 5.61. The van der Waals surface area contributed by atoms with Gasteiger partial charge in [0.2, 0.25) is 0 Å². The van der Waals surface area contributed by atoms with E-state index in [1.54, 1.807) is 6.20 Å². The number of rotatable bonds is 7. The third-order valence-corrected chi connectivity index (χ3v) is 5.61. The molecule has 2 heterocycles. The maximum atomic E-state index is 12.3. The van der Waals surface area contributed by atoms with Gasteiger partial charge in [0.25, 0.3) is 6.43 Å². The number of alkyl halides is 2. The highest BCUT2D eigenvalue weighted by Gasteiger charge is 2.21. The van der Waals surface area contributed by atoms with E-state index in [4.69, 9.17) is 4.42 Å². The van der Waals surface area contributed by atoms with E-state index in [2.05, 4.69) is 32.7 Å². The van der Waals surface area contributed by atoms with Crippen LogP contribution in [0.4, 0.5) is 14.6 Å². The van der Waals surface area contributed by atoms with Crippen molar-refractivity contribution >= 4 is 16.6 Å². The van der Waals surface area contributed by atoms with E-state index >= 15 is 0 Å². The van der Waals surface area contributed by atoms with Crippen LogP contribution in [0, 0.1) is 12.8 Å². The van der Waals surface area contributed by atoms with Gasteiger partial charge in [0.05, 0.1) is 12.7 Å². The lowest BCUT2D eigenvalue weighted by molar-refractivity contribution is 0.136. The number of hydrogen-bond acceptors (Lipinski definition) is 5.